The lowest BCUT2D eigenvalue weighted by atomic mass is 10.2. The van der Waals surface area contributed by atoms with Gasteiger partial charge in [0.2, 0.25) is 5.91 Å². The van der Waals surface area contributed by atoms with Crippen LogP contribution in [0.4, 0.5) is 5.69 Å². The summed E-state index contributed by atoms with van der Waals surface area (Å²) in [6.45, 7) is 5.73. The molecule has 1 rings (SSSR count). The lowest BCUT2D eigenvalue weighted by Gasteiger charge is -2.28. The maximum atomic E-state index is 12.3. The average Bonchev–Trinajstić information content (AvgIpc) is 2.30. The van der Waals surface area contributed by atoms with E-state index in [1.807, 2.05) is 61.0 Å². The maximum absolute atomic E-state index is 12.3. The second-order valence-electron chi connectivity index (χ2n) is 4.72. The Morgan fingerprint density at radius 1 is 1.28 bits per heavy atom. The van der Waals surface area contributed by atoms with Crippen LogP contribution in [0, 0.1) is 0 Å². The molecule has 0 radical (unpaired) electrons. The van der Waals surface area contributed by atoms with Crippen molar-refractivity contribution in [2.45, 2.75) is 19.9 Å². The first-order valence-corrected chi connectivity index (χ1v) is 6.32. The molecule has 0 aliphatic carbocycles. The Labute approximate surface area is 109 Å². The third-order valence-electron chi connectivity index (χ3n) is 2.74. The number of nitrogens with two attached hydrogens (primary N) is 1. The number of amides is 1. The molecular weight excluding hydrogens is 226 g/mol. The molecular formula is C14H23N3O. The van der Waals surface area contributed by atoms with Crippen molar-refractivity contribution in [1.29, 1.82) is 0 Å². The highest BCUT2D eigenvalue weighted by Gasteiger charge is 2.19. The molecule has 0 spiro atoms. The van der Waals surface area contributed by atoms with Gasteiger partial charge in [-0.2, -0.15) is 0 Å². The molecule has 2 N–H and O–H groups in total. The number of anilines is 1. The summed E-state index contributed by atoms with van der Waals surface area (Å²) >= 11 is 0. The highest BCUT2D eigenvalue weighted by molar-refractivity contribution is 5.95. The number of hydrogen-bond donors (Lipinski definition) is 1. The van der Waals surface area contributed by atoms with Gasteiger partial charge in [0.05, 0.1) is 6.54 Å². The number of likely N-dealkylation sites (N-methyl/N-ethyl adjacent to an activating group) is 1. The molecule has 0 fully saturated rings. The van der Waals surface area contributed by atoms with Gasteiger partial charge >= 0.3 is 0 Å². The Morgan fingerprint density at radius 2 is 1.89 bits per heavy atom. The van der Waals surface area contributed by atoms with Crippen molar-refractivity contribution in [3.63, 3.8) is 0 Å². The van der Waals surface area contributed by atoms with Gasteiger partial charge in [-0.05, 0) is 33.0 Å². The molecule has 18 heavy (non-hydrogen) atoms. The molecule has 100 valence electrons. The number of hydrogen-bond acceptors (Lipinski definition) is 3. The summed E-state index contributed by atoms with van der Waals surface area (Å²) in [6.07, 6.45) is 0. The highest BCUT2D eigenvalue weighted by atomic mass is 16.2. The van der Waals surface area contributed by atoms with Crippen LogP contribution in [0.1, 0.15) is 13.8 Å². The zero-order valence-electron chi connectivity index (χ0n) is 11.5. The zero-order chi connectivity index (χ0) is 13.5. The van der Waals surface area contributed by atoms with E-state index >= 15 is 0 Å². The molecule has 0 aliphatic rings. The summed E-state index contributed by atoms with van der Waals surface area (Å²) in [7, 11) is 1.91. The van der Waals surface area contributed by atoms with Crippen LogP contribution in [0.25, 0.3) is 0 Å². The van der Waals surface area contributed by atoms with Gasteiger partial charge in [0.1, 0.15) is 0 Å². The maximum Gasteiger partial charge on any atom is 0.241 e. The molecule has 0 saturated carbocycles. The minimum Gasteiger partial charge on any atom is -0.329 e. The summed E-state index contributed by atoms with van der Waals surface area (Å²) in [5.41, 5.74) is 6.43. The third kappa shape index (κ3) is 4.13. The van der Waals surface area contributed by atoms with Gasteiger partial charge in [0.25, 0.3) is 0 Å². The van der Waals surface area contributed by atoms with Crippen molar-refractivity contribution >= 4 is 11.6 Å². The smallest absolute Gasteiger partial charge is 0.241 e. The first-order chi connectivity index (χ1) is 8.56. The van der Waals surface area contributed by atoms with Crippen LogP contribution < -0.4 is 10.6 Å². The van der Waals surface area contributed by atoms with Crippen LogP contribution in [0.2, 0.25) is 0 Å². The monoisotopic (exact) mass is 249 g/mol. The Hall–Kier alpha value is -1.39. The summed E-state index contributed by atoms with van der Waals surface area (Å²) in [6, 6.07) is 9.91. The van der Waals surface area contributed by atoms with Crippen molar-refractivity contribution in [2.24, 2.45) is 5.73 Å². The van der Waals surface area contributed by atoms with Gasteiger partial charge in [0, 0.05) is 24.8 Å². The lowest BCUT2D eigenvalue weighted by molar-refractivity contribution is -0.119. The Bertz CT molecular complexity index is 365. The van der Waals surface area contributed by atoms with E-state index in [0.717, 1.165) is 12.2 Å². The van der Waals surface area contributed by atoms with Crippen LogP contribution in [-0.2, 0) is 4.79 Å². The second-order valence-corrected chi connectivity index (χ2v) is 4.72. The number of carbonyl (C=O) groups is 1. The van der Waals surface area contributed by atoms with Crippen LogP contribution in [0.15, 0.2) is 30.3 Å². The molecule has 1 aromatic rings. The number of rotatable bonds is 6. The van der Waals surface area contributed by atoms with Crippen molar-refractivity contribution in [3.8, 4) is 0 Å². The molecule has 0 atom stereocenters. The summed E-state index contributed by atoms with van der Waals surface area (Å²) in [5, 5.41) is 0. The van der Waals surface area contributed by atoms with Gasteiger partial charge in [-0.3, -0.25) is 9.69 Å². The topological polar surface area (TPSA) is 49.6 Å². The molecule has 4 nitrogen and oxygen atoms in total. The minimum atomic E-state index is 0.104. The SMILES string of the molecule is CC(C)N(C(=O)CN(C)CCN)c1ccccc1. The van der Waals surface area contributed by atoms with Gasteiger partial charge in [-0.1, -0.05) is 18.2 Å². The van der Waals surface area contributed by atoms with Crippen LogP contribution >= 0.6 is 0 Å². The standard InChI is InChI=1S/C14H23N3O/c1-12(2)17(13-7-5-4-6-8-13)14(18)11-16(3)10-9-15/h4-8,12H,9-11,15H2,1-3H3. The third-order valence-corrected chi connectivity index (χ3v) is 2.74. The van der Waals surface area contributed by atoms with E-state index in [1.54, 1.807) is 0 Å². The van der Waals surface area contributed by atoms with E-state index in [1.165, 1.54) is 0 Å². The van der Waals surface area contributed by atoms with E-state index in [4.69, 9.17) is 5.73 Å². The molecule has 1 amide bonds. The Balaban J connectivity index is 2.77. The summed E-state index contributed by atoms with van der Waals surface area (Å²) in [5.74, 6) is 0.104. The van der Waals surface area contributed by atoms with Crippen LogP contribution in [0.5, 0.6) is 0 Å². The fourth-order valence-electron chi connectivity index (χ4n) is 1.93. The zero-order valence-corrected chi connectivity index (χ0v) is 11.5. The molecule has 1 aromatic carbocycles. The van der Waals surface area contributed by atoms with E-state index < -0.39 is 0 Å². The normalized spacial score (nSPS) is 11.0. The largest absolute Gasteiger partial charge is 0.329 e. The van der Waals surface area contributed by atoms with Gasteiger partial charge in [-0.15, -0.1) is 0 Å². The van der Waals surface area contributed by atoms with E-state index in [9.17, 15) is 4.79 Å². The van der Waals surface area contributed by atoms with E-state index in [2.05, 4.69) is 0 Å². The molecule has 0 aliphatic heterocycles. The average molecular weight is 249 g/mol. The predicted molar refractivity (Wildman–Crippen MR) is 75.6 cm³/mol. The summed E-state index contributed by atoms with van der Waals surface area (Å²) in [4.78, 5) is 16.1. The number of carbonyl (C=O) groups excluding carboxylic acids is 1. The molecule has 0 aromatic heterocycles. The highest BCUT2D eigenvalue weighted by Crippen LogP contribution is 2.16. The number of nitrogens with zero attached hydrogens (tertiary/aromatic N) is 2. The first-order valence-electron chi connectivity index (χ1n) is 6.32. The lowest BCUT2D eigenvalue weighted by Crippen LogP contribution is -2.43. The van der Waals surface area contributed by atoms with E-state index in [-0.39, 0.29) is 11.9 Å². The van der Waals surface area contributed by atoms with Crippen molar-refractivity contribution < 1.29 is 4.79 Å². The molecule has 0 heterocycles. The molecule has 0 bridgehead atoms. The molecule has 0 unspecified atom stereocenters. The minimum absolute atomic E-state index is 0.104. The number of para-hydroxylation sites is 1. The van der Waals surface area contributed by atoms with Gasteiger partial charge in [-0.25, -0.2) is 0 Å². The first kappa shape index (κ1) is 14.7. The molecule has 4 heteroatoms. The van der Waals surface area contributed by atoms with Gasteiger partial charge in [0.15, 0.2) is 0 Å². The molecule has 0 saturated heterocycles. The fraction of sp³-hybridized carbons (Fsp3) is 0.500. The van der Waals surface area contributed by atoms with Gasteiger partial charge < -0.3 is 10.6 Å². The number of benzene rings is 1. The summed E-state index contributed by atoms with van der Waals surface area (Å²) < 4.78 is 0. The quantitative estimate of drug-likeness (QED) is 0.827. The predicted octanol–water partition coefficient (Wildman–Crippen LogP) is 1.32. The Morgan fingerprint density at radius 3 is 2.39 bits per heavy atom. The fourth-order valence-corrected chi connectivity index (χ4v) is 1.93. The van der Waals surface area contributed by atoms with E-state index in [0.29, 0.717) is 13.1 Å². The second kappa shape index (κ2) is 7.13. The Kier molecular flexibility index (Phi) is 5.82. The van der Waals surface area contributed by atoms with Crippen molar-refractivity contribution in [2.75, 3.05) is 31.6 Å². The van der Waals surface area contributed by atoms with Crippen molar-refractivity contribution in [3.05, 3.63) is 30.3 Å². The van der Waals surface area contributed by atoms with Crippen LogP contribution in [-0.4, -0.2) is 43.5 Å². The van der Waals surface area contributed by atoms with Crippen LogP contribution in [0.3, 0.4) is 0 Å². The van der Waals surface area contributed by atoms with Crippen molar-refractivity contribution in [1.82, 2.24) is 4.90 Å².